The van der Waals surface area contributed by atoms with E-state index in [1.165, 1.54) is 12.1 Å². The highest BCUT2D eigenvalue weighted by atomic mass is 19.1. The normalized spacial score (nSPS) is 18.4. The van der Waals surface area contributed by atoms with Gasteiger partial charge in [-0.1, -0.05) is 0 Å². The van der Waals surface area contributed by atoms with E-state index in [2.05, 4.69) is 39.2 Å². The average Bonchev–Trinajstić information content (AvgIpc) is 3.58. The van der Waals surface area contributed by atoms with Gasteiger partial charge in [0.1, 0.15) is 5.82 Å². The maximum Gasteiger partial charge on any atom is 0.290 e. The van der Waals surface area contributed by atoms with Crippen molar-refractivity contribution in [2.45, 2.75) is 70.9 Å². The fourth-order valence-corrected chi connectivity index (χ4v) is 5.80. The number of aromatic amines is 2. The molecule has 0 spiro atoms. The molecule has 0 saturated carbocycles. The molecule has 5 rings (SSSR count). The average molecular weight is 555 g/mol. The molecule has 0 bridgehead atoms. The van der Waals surface area contributed by atoms with Gasteiger partial charge in [-0.25, -0.2) is 4.39 Å². The Balaban J connectivity index is 0.00000118. The lowest BCUT2D eigenvalue weighted by molar-refractivity contribution is -0.141. The van der Waals surface area contributed by atoms with Gasteiger partial charge < -0.3 is 25.2 Å². The molecule has 10 nitrogen and oxygen atoms in total. The summed E-state index contributed by atoms with van der Waals surface area (Å²) in [7, 11) is 0. The molecule has 216 valence electrons. The van der Waals surface area contributed by atoms with E-state index in [9.17, 15) is 14.0 Å². The summed E-state index contributed by atoms with van der Waals surface area (Å²) in [5.74, 6) is 0.350. The van der Waals surface area contributed by atoms with Gasteiger partial charge in [0, 0.05) is 48.1 Å². The molecule has 11 heteroatoms. The summed E-state index contributed by atoms with van der Waals surface area (Å²) in [6.45, 7) is 6.88. The van der Waals surface area contributed by atoms with E-state index in [1.54, 1.807) is 6.07 Å². The summed E-state index contributed by atoms with van der Waals surface area (Å²) >= 11 is 0. The lowest BCUT2D eigenvalue weighted by atomic mass is 9.91. The number of fused-ring (bicyclic) bond motifs is 1. The van der Waals surface area contributed by atoms with E-state index in [4.69, 9.17) is 9.90 Å². The third-order valence-electron chi connectivity index (χ3n) is 7.97. The molecule has 1 atom stereocenters. The largest absolute Gasteiger partial charge is 0.483 e. The molecular formula is C29H39FN6O4. The molecule has 2 amide bonds. The zero-order valence-corrected chi connectivity index (χ0v) is 23.2. The summed E-state index contributed by atoms with van der Waals surface area (Å²) in [4.78, 5) is 42.1. The first-order chi connectivity index (χ1) is 19.3. The minimum atomic E-state index is -0.293. The molecule has 2 fully saturated rings. The van der Waals surface area contributed by atoms with Crippen molar-refractivity contribution in [1.82, 2.24) is 25.0 Å². The molecule has 2 aromatic heterocycles. The van der Waals surface area contributed by atoms with Crippen LogP contribution in [0.2, 0.25) is 0 Å². The number of carbonyl (C=O) groups is 3. The van der Waals surface area contributed by atoms with Gasteiger partial charge in [0.25, 0.3) is 6.47 Å². The number of benzene rings is 1. The standard InChI is InChI=1S/C28H37FN6O2.CH2O2/c1-18(2)34-13-10-19(11-14-34)28(37)35-12-4-3-5-25(35)24-16-26(33-32-24)31-27(36)9-6-20-17-30-23-8-7-21(29)15-22(20)23;2-1-3/h7-8,15-19,25,30H,3-6,9-14H2,1-2H3,(H2,31,32,33,36);1H,(H,2,3). The number of amides is 2. The van der Waals surface area contributed by atoms with Crippen LogP contribution in [0.25, 0.3) is 10.9 Å². The number of anilines is 1. The number of hydrogen-bond acceptors (Lipinski definition) is 5. The molecule has 3 aromatic rings. The van der Waals surface area contributed by atoms with Gasteiger partial charge in [0.05, 0.1) is 11.7 Å². The highest BCUT2D eigenvalue weighted by Crippen LogP contribution is 2.34. The maximum absolute atomic E-state index is 13.6. The SMILES string of the molecule is CC(C)N1CCC(C(=O)N2CCCCC2c2cc(NC(=O)CCc3c[nH]c4ccc(F)cc34)n[nH]2)CC1.O=CO. The van der Waals surface area contributed by atoms with Gasteiger partial charge in [-0.3, -0.25) is 19.5 Å². The van der Waals surface area contributed by atoms with Crippen LogP contribution in [0.3, 0.4) is 0 Å². The van der Waals surface area contributed by atoms with Gasteiger partial charge in [-0.2, -0.15) is 5.10 Å². The minimum absolute atomic E-state index is 0.0383. The summed E-state index contributed by atoms with van der Waals surface area (Å²) in [5.41, 5.74) is 2.63. The van der Waals surface area contributed by atoms with Gasteiger partial charge in [0.15, 0.2) is 5.82 Å². The highest BCUT2D eigenvalue weighted by Gasteiger charge is 2.35. The second-order valence-corrected chi connectivity index (χ2v) is 10.8. The monoisotopic (exact) mass is 554 g/mol. The van der Waals surface area contributed by atoms with E-state index in [-0.39, 0.29) is 42.5 Å². The van der Waals surface area contributed by atoms with Crippen molar-refractivity contribution in [1.29, 1.82) is 0 Å². The Morgan fingerprint density at radius 2 is 1.93 bits per heavy atom. The zero-order chi connectivity index (χ0) is 28.6. The van der Waals surface area contributed by atoms with E-state index in [0.717, 1.165) is 73.9 Å². The number of nitrogens with zero attached hydrogens (tertiary/aromatic N) is 3. The number of nitrogens with one attached hydrogen (secondary N) is 3. The summed E-state index contributed by atoms with van der Waals surface area (Å²) in [6, 6.07) is 6.95. The van der Waals surface area contributed by atoms with Crippen LogP contribution in [-0.2, 0) is 20.8 Å². The smallest absolute Gasteiger partial charge is 0.290 e. The summed E-state index contributed by atoms with van der Waals surface area (Å²) in [5, 5.41) is 18.0. The number of aromatic nitrogens is 3. The third kappa shape index (κ3) is 7.07. The molecule has 2 saturated heterocycles. The first kappa shape index (κ1) is 29.3. The Hall–Kier alpha value is -3.73. The fourth-order valence-electron chi connectivity index (χ4n) is 5.80. The number of carbonyl (C=O) groups excluding carboxylic acids is 2. The predicted molar refractivity (Wildman–Crippen MR) is 150 cm³/mol. The Labute approximate surface area is 233 Å². The third-order valence-corrected chi connectivity index (χ3v) is 7.97. The molecule has 0 radical (unpaired) electrons. The van der Waals surface area contributed by atoms with Gasteiger partial charge in [-0.05, 0) is 89.2 Å². The number of hydrogen-bond donors (Lipinski definition) is 4. The second kappa shape index (κ2) is 13.6. The van der Waals surface area contributed by atoms with Gasteiger partial charge in [0.2, 0.25) is 11.8 Å². The zero-order valence-electron chi connectivity index (χ0n) is 23.2. The van der Waals surface area contributed by atoms with E-state index in [0.29, 0.717) is 18.3 Å². The number of halogens is 1. The highest BCUT2D eigenvalue weighted by molar-refractivity contribution is 5.91. The number of rotatable bonds is 7. The van der Waals surface area contributed by atoms with Crippen LogP contribution in [0, 0.1) is 11.7 Å². The molecule has 2 aliphatic rings. The van der Waals surface area contributed by atoms with Crippen molar-refractivity contribution in [2.75, 3.05) is 25.0 Å². The molecule has 4 heterocycles. The topological polar surface area (TPSA) is 134 Å². The summed E-state index contributed by atoms with van der Waals surface area (Å²) < 4.78 is 13.6. The van der Waals surface area contributed by atoms with Crippen molar-refractivity contribution in [3.05, 3.63) is 47.5 Å². The quantitative estimate of drug-likeness (QED) is 0.318. The van der Waals surface area contributed by atoms with Crippen LogP contribution in [0.4, 0.5) is 10.2 Å². The van der Waals surface area contributed by atoms with Crippen molar-refractivity contribution in [2.24, 2.45) is 5.92 Å². The van der Waals surface area contributed by atoms with Crippen molar-refractivity contribution < 1.29 is 23.9 Å². The van der Waals surface area contributed by atoms with Crippen LogP contribution in [0.5, 0.6) is 0 Å². The fraction of sp³-hybridized carbons (Fsp3) is 0.517. The van der Waals surface area contributed by atoms with Crippen molar-refractivity contribution >= 4 is 35.0 Å². The van der Waals surface area contributed by atoms with Gasteiger partial charge >= 0.3 is 0 Å². The number of likely N-dealkylation sites (tertiary alicyclic amines) is 2. The Bertz CT molecular complexity index is 1300. The van der Waals surface area contributed by atoms with Crippen LogP contribution >= 0.6 is 0 Å². The summed E-state index contributed by atoms with van der Waals surface area (Å²) in [6.07, 6.45) is 7.37. The number of H-pyrrole nitrogens is 2. The Morgan fingerprint density at radius 1 is 1.18 bits per heavy atom. The number of piperidine rings is 2. The second-order valence-electron chi connectivity index (χ2n) is 10.8. The van der Waals surface area contributed by atoms with E-state index in [1.807, 2.05) is 17.2 Å². The Kier molecular flexibility index (Phi) is 9.92. The Morgan fingerprint density at radius 3 is 2.65 bits per heavy atom. The van der Waals surface area contributed by atoms with Crippen LogP contribution < -0.4 is 5.32 Å². The van der Waals surface area contributed by atoms with Crippen LogP contribution in [-0.4, -0.2) is 74.1 Å². The van der Waals surface area contributed by atoms with Crippen molar-refractivity contribution in [3.8, 4) is 0 Å². The lowest BCUT2D eigenvalue weighted by Gasteiger charge is -2.40. The molecule has 40 heavy (non-hydrogen) atoms. The molecule has 1 aromatic carbocycles. The molecule has 2 aliphatic heterocycles. The van der Waals surface area contributed by atoms with Crippen molar-refractivity contribution in [3.63, 3.8) is 0 Å². The van der Waals surface area contributed by atoms with Crippen LogP contribution in [0.15, 0.2) is 30.5 Å². The number of carboxylic acid groups (broad SMARTS) is 1. The van der Waals surface area contributed by atoms with E-state index >= 15 is 0 Å². The molecule has 4 N–H and O–H groups in total. The maximum atomic E-state index is 13.6. The predicted octanol–water partition coefficient (Wildman–Crippen LogP) is 4.48. The molecule has 1 unspecified atom stereocenters. The van der Waals surface area contributed by atoms with Crippen LogP contribution in [0.1, 0.15) is 69.7 Å². The lowest BCUT2D eigenvalue weighted by Crippen LogP contribution is -2.46. The van der Waals surface area contributed by atoms with Gasteiger partial charge in [-0.15, -0.1) is 0 Å². The van der Waals surface area contributed by atoms with E-state index < -0.39 is 0 Å². The first-order valence-electron chi connectivity index (χ1n) is 14.0. The number of aryl methyl sites for hydroxylation is 1. The molecular weight excluding hydrogens is 515 g/mol. The first-order valence-corrected chi connectivity index (χ1v) is 14.0. The molecule has 0 aliphatic carbocycles. The minimum Gasteiger partial charge on any atom is -0.483 e.